The molecule has 0 spiro atoms. The molecule has 0 bridgehead atoms. The highest BCUT2D eigenvalue weighted by atomic mass is 32.2. The van der Waals surface area contributed by atoms with Crippen molar-refractivity contribution in [2.45, 2.75) is 63.6 Å². The standard InChI is InChI=1S/C27H36N4O4S/c1-5-28-26(35)30-21(15-19-12-7-6-8-13-19)22(32)25(34)31-17-36-27(3,4)23(31)24(33)29-16-20-14-10-9-11-18(20)2/h6-14,21-23,32H,5,15-17H2,1-4H3,(H,29,33)(H2,28,30,35)/t21-,22-,23+/m0/s1. The minimum absolute atomic E-state index is 0.263. The molecule has 0 unspecified atom stereocenters. The van der Waals surface area contributed by atoms with Crippen molar-refractivity contribution in [1.82, 2.24) is 20.9 Å². The predicted octanol–water partition coefficient (Wildman–Crippen LogP) is 2.58. The number of aliphatic hydroxyl groups excluding tert-OH is 1. The zero-order valence-corrected chi connectivity index (χ0v) is 22.1. The lowest BCUT2D eigenvalue weighted by Crippen LogP contribution is -2.59. The molecule has 2 aromatic carbocycles. The number of nitrogens with zero attached hydrogens (tertiary/aromatic N) is 1. The fourth-order valence-corrected chi connectivity index (χ4v) is 5.47. The van der Waals surface area contributed by atoms with Crippen LogP contribution in [0.5, 0.6) is 0 Å². The number of carbonyl (C=O) groups is 3. The van der Waals surface area contributed by atoms with E-state index in [-0.39, 0.29) is 18.2 Å². The molecule has 8 nitrogen and oxygen atoms in total. The third-order valence-electron chi connectivity index (χ3n) is 6.38. The number of carbonyl (C=O) groups excluding carboxylic acids is 3. The van der Waals surface area contributed by atoms with Gasteiger partial charge in [-0.1, -0.05) is 54.6 Å². The zero-order chi connectivity index (χ0) is 26.3. The van der Waals surface area contributed by atoms with Crippen LogP contribution in [-0.2, 0) is 22.6 Å². The predicted molar refractivity (Wildman–Crippen MR) is 142 cm³/mol. The van der Waals surface area contributed by atoms with Gasteiger partial charge in [-0.15, -0.1) is 11.8 Å². The highest BCUT2D eigenvalue weighted by Crippen LogP contribution is 2.40. The lowest BCUT2D eigenvalue weighted by molar-refractivity contribution is -0.147. The van der Waals surface area contributed by atoms with Crippen molar-refractivity contribution in [1.29, 1.82) is 0 Å². The van der Waals surface area contributed by atoms with Gasteiger partial charge in [-0.3, -0.25) is 9.59 Å². The second kappa shape index (κ2) is 12.3. The summed E-state index contributed by atoms with van der Waals surface area (Å²) in [5, 5.41) is 19.5. The Morgan fingerprint density at radius 2 is 1.75 bits per heavy atom. The van der Waals surface area contributed by atoms with Crippen molar-refractivity contribution < 1.29 is 19.5 Å². The fraction of sp³-hybridized carbons (Fsp3) is 0.444. The van der Waals surface area contributed by atoms with Crippen molar-refractivity contribution in [3.8, 4) is 0 Å². The van der Waals surface area contributed by atoms with Crippen molar-refractivity contribution in [2.75, 3.05) is 12.4 Å². The van der Waals surface area contributed by atoms with Crippen LogP contribution < -0.4 is 16.0 Å². The van der Waals surface area contributed by atoms with E-state index in [1.165, 1.54) is 16.7 Å². The number of hydrogen-bond acceptors (Lipinski definition) is 5. The van der Waals surface area contributed by atoms with Gasteiger partial charge in [0.15, 0.2) is 6.10 Å². The minimum atomic E-state index is -1.52. The Morgan fingerprint density at radius 1 is 1.08 bits per heavy atom. The first-order chi connectivity index (χ1) is 17.1. The highest BCUT2D eigenvalue weighted by molar-refractivity contribution is 8.00. The molecule has 36 heavy (non-hydrogen) atoms. The molecule has 4 N–H and O–H groups in total. The lowest BCUT2D eigenvalue weighted by atomic mass is 9.97. The molecule has 0 aliphatic carbocycles. The first kappa shape index (κ1) is 27.5. The van der Waals surface area contributed by atoms with Crippen LogP contribution >= 0.6 is 11.8 Å². The van der Waals surface area contributed by atoms with E-state index < -0.39 is 34.9 Å². The quantitative estimate of drug-likeness (QED) is 0.413. The second-order valence-corrected chi connectivity index (χ2v) is 11.1. The molecule has 9 heteroatoms. The molecule has 3 atom stereocenters. The van der Waals surface area contributed by atoms with Gasteiger partial charge in [0.1, 0.15) is 6.04 Å². The Kier molecular flexibility index (Phi) is 9.39. The number of amides is 4. The minimum Gasteiger partial charge on any atom is -0.381 e. The zero-order valence-electron chi connectivity index (χ0n) is 21.3. The number of aryl methyl sites for hydroxylation is 1. The molecule has 0 radical (unpaired) electrons. The highest BCUT2D eigenvalue weighted by Gasteiger charge is 2.49. The van der Waals surface area contributed by atoms with Gasteiger partial charge in [0.25, 0.3) is 5.91 Å². The summed E-state index contributed by atoms with van der Waals surface area (Å²) in [6, 6.07) is 15.1. The van der Waals surface area contributed by atoms with E-state index in [9.17, 15) is 19.5 Å². The molecule has 1 heterocycles. The van der Waals surface area contributed by atoms with Crippen molar-refractivity contribution in [3.63, 3.8) is 0 Å². The smallest absolute Gasteiger partial charge is 0.315 e. The van der Waals surface area contributed by atoms with Gasteiger partial charge in [0, 0.05) is 17.8 Å². The Hall–Kier alpha value is -3.04. The van der Waals surface area contributed by atoms with Crippen molar-refractivity contribution in [3.05, 3.63) is 71.3 Å². The summed E-state index contributed by atoms with van der Waals surface area (Å²) >= 11 is 1.49. The van der Waals surface area contributed by atoms with Crippen LogP contribution in [0.3, 0.4) is 0 Å². The molecule has 1 saturated heterocycles. The fourth-order valence-electron chi connectivity index (χ4n) is 4.33. The molecule has 1 aliphatic rings. The van der Waals surface area contributed by atoms with Crippen LogP contribution in [0.25, 0.3) is 0 Å². The SMILES string of the molecule is CCNC(=O)N[C@@H](Cc1ccccc1)[C@H](O)C(=O)N1CSC(C)(C)[C@H]1C(=O)NCc1ccccc1C. The first-order valence-electron chi connectivity index (χ1n) is 12.2. The van der Waals surface area contributed by atoms with E-state index in [0.29, 0.717) is 13.1 Å². The van der Waals surface area contributed by atoms with Gasteiger partial charge in [0.2, 0.25) is 5.91 Å². The summed E-state index contributed by atoms with van der Waals surface area (Å²) in [5.41, 5.74) is 2.94. The molecular weight excluding hydrogens is 476 g/mol. The van der Waals surface area contributed by atoms with E-state index in [4.69, 9.17) is 0 Å². The molecule has 2 aromatic rings. The molecule has 3 rings (SSSR count). The summed E-state index contributed by atoms with van der Waals surface area (Å²) in [6.07, 6.45) is -1.26. The Balaban J connectivity index is 1.77. The second-order valence-electron chi connectivity index (χ2n) is 9.48. The third kappa shape index (κ3) is 6.79. The largest absolute Gasteiger partial charge is 0.381 e. The molecule has 4 amide bonds. The number of hydrogen-bond donors (Lipinski definition) is 4. The van der Waals surface area contributed by atoms with Gasteiger partial charge in [0.05, 0.1) is 11.9 Å². The number of aliphatic hydroxyl groups is 1. The van der Waals surface area contributed by atoms with Gasteiger partial charge in [-0.25, -0.2) is 4.79 Å². The number of nitrogens with one attached hydrogen (secondary N) is 3. The average molecular weight is 513 g/mol. The molecule has 194 valence electrons. The maximum absolute atomic E-state index is 13.6. The van der Waals surface area contributed by atoms with Gasteiger partial charge >= 0.3 is 6.03 Å². The van der Waals surface area contributed by atoms with Crippen molar-refractivity contribution >= 4 is 29.6 Å². The van der Waals surface area contributed by atoms with E-state index >= 15 is 0 Å². The van der Waals surface area contributed by atoms with Gasteiger partial charge in [-0.05, 0) is 50.8 Å². The van der Waals surface area contributed by atoms with Crippen LogP contribution in [0.4, 0.5) is 4.79 Å². The Labute approximate surface area is 217 Å². The summed E-state index contributed by atoms with van der Waals surface area (Å²) < 4.78 is -0.548. The van der Waals surface area contributed by atoms with Crippen LogP contribution in [-0.4, -0.2) is 63.2 Å². The van der Waals surface area contributed by atoms with Crippen molar-refractivity contribution in [2.24, 2.45) is 0 Å². The number of urea groups is 1. The van der Waals surface area contributed by atoms with Crippen LogP contribution in [0.15, 0.2) is 54.6 Å². The van der Waals surface area contributed by atoms with Crippen LogP contribution in [0, 0.1) is 6.92 Å². The van der Waals surface area contributed by atoms with E-state index in [1.807, 2.05) is 75.4 Å². The summed E-state index contributed by atoms with van der Waals surface area (Å²) in [5.74, 6) is -0.586. The lowest BCUT2D eigenvalue weighted by Gasteiger charge is -2.33. The monoisotopic (exact) mass is 512 g/mol. The van der Waals surface area contributed by atoms with Crippen LogP contribution in [0.1, 0.15) is 37.5 Å². The maximum Gasteiger partial charge on any atom is 0.315 e. The van der Waals surface area contributed by atoms with E-state index in [1.54, 1.807) is 6.92 Å². The van der Waals surface area contributed by atoms with E-state index in [0.717, 1.165) is 16.7 Å². The normalized spacial score (nSPS) is 18.2. The Bertz CT molecular complexity index is 1060. The van der Waals surface area contributed by atoms with Gasteiger partial charge < -0.3 is 26.0 Å². The average Bonchev–Trinajstić information content (AvgIpc) is 3.17. The van der Waals surface area contributed by atoms with Gasteiger partial charge in [-0.2, -0.15) is 0 Å². The number of thioether (sulfide) groups is 1. The molecule has 1 aliphatic heterocycles. The molecule has 0 saturated carbocycles. The summed E-state index contributed by atoms with van der Waals surface area (Å²) in [6.45, 7) is 8.37. The maximum atomic E-state index is 13.6. The number of benzene rings is 2. The summed E-state index contributed by atoms with van der Waals surface area (Å²) in [7, 11) is 0. The number of rotatable bonds is 9. The Morgan fingerprint density at radius 3 is 2.42 bits per heavy atom. The molecule has 0 aromatic heterocycles. The topological polar surface area (TPSA) is 111 Å². The van der Waals surface area contributed by atoms with E-state index in [2.05, 4.69) is 16.0 Å². The first-order valence-corrected chi connectivity index (χ1v) is 13.2. The molecular formula is C27H36N4O4S. The summed E-state index contributed by atoms with van der Waals surface area (Å²) in [4.78, 5) is 40.6. The molecule has 1 fully saturated rings. The van der Waals surface area contributed by atoms with Crippen LogP contribution in [0.2, 0.25) is 0 Å². The third-order valence-corrected chi connectivity index (χ3v) is 7.75.